The molecule has 0 spiro atoms. The quantitative estimate of drug-likeness (QED) is 0.471. The van der Waals surface area contributed by atoms with Crippen LogP contribution in [-0.4, -0.2) is 32.0 Å². The minimum atomic E-state index is -0.135. The molecular weight excluding hydrogens is 412 g/mol. The summed E-state index contributed by atoms with van der Waals surface area (Å²) in [6.45, 7) is 3.51. The molecule has 6 nitrogen and oxygen atoms in total. The summed E-state index contributed by atoms with van der Waals surface area (Å²) in [7, 11) is 0. The van der Waals surface area contributed by atoms with Gasteiger partial charge in [-0.15, -0.1) is 21.5 Å². The molecule has 3 rings (SSSR count). The van der Waals surface area contributed by atoms with Gasteiger partial charge in [0, 0.05) is 24.3 Å². The molecule has 0 bridgehead atoms. The molecule has 0 aliphatic carbocycles. The molecule has 3 aromatic rings. The smallest absolute Gasteiger partial charge is 0.169 e. The Labute approximate surface area is 185 Å². The number of carbonyl (C=O) groups is 2. The zero-order chi connectivity index (χ0) is 22.4. The van der Waals surface area contributed by atoms with Gasteiger partial charge in [-0.05, 0) is 22.3 Å². The van der Waals surface area contributed by atoms with E-state index in [1.54, 1.807) is 18.2 Å². The van der Waals surface area contributed by atoms with E-state index in [1.807, 2.05) is 38.1 Å². The fraction of sp³-hybridized carbons (Fsp3) is 0.333. The summed E-state index contributed by atoms with van der Waals surface area (Å²) in [6, 6.07) is 12.7. The second-order valence-electron chi connectivity index (χ2n) is 7.78. The van der Waals surface area contributed by atoms with Crippen LogP contribution < -0.4 is 0 Å². The first-order valence-electron chi connectivity index (χ1n) is 10.2. The zero-order valence-corrected chi connectivity index (χ0v) is 18.5. The highest BCUT2D eigenvalue weighted by Gasteiger charge is 2.14. The van der Waals surface area contributed by atoms with Crippen molar-refractivity contribution < 1.29 is 19.8 Å². The number of nitrogens with zero attached hydrogens (tertiary/aromatic N) is 2. The Morgan fingerprint density at radius 1 is 0.871 bits per heavy atom. The van der Waals surface area contributed by atoms with Gasteiger partial charge in [0.1, 0.15) is 15.8 Å². The summed E-state index contributed by atoms with van der Waals surface area (Å²) in [6.07, 6.45) is 1.10. The number of ketones is 2. The first kappa shape index (κ1) is 22.9. The number of benzene rings is 2. The van der Waals surface area contributed by atoms with Crippen LogP contribution in [-0.2, 0) is 37.3 Å². The summed E-state index contributed by atoms with van der Waals surface area (Å²) in [4.78, 5) is 24.5. The van der Waals surface area contributed by atoms with Crippen LogP contribution in [0.2, 0.25) is 0 Å². The molecule has 0 amide bonds. The Morgan fingerprint density at radius 2 is 1.52 bits per heavy atom. The van der Waals surface area contributed by atoms with E-state index in [1.165, 1.54) is 11.3 Å². The van der Waals surface area contributed by atoms with Crippen molar-refractivity contribution in [2.75, 3.05) is 0 Å². The van der Waals surface area contributed by atoms with Gasteiger partial charge < -0.3 is 10.2 Å². The molecule has 1 heterocycles. The van der Waals surface area contributed by atoms with Crippen molar-refractivity contribution in [2.24, 2.45) is 5.92 Å². The molecule has 0 saturated heterocycles. The van der Waals surface area contributed by atoms with Crippen molar-refractivity contribution in [1.82, 2.24) is 10.2 Å². The molecule has 0 aliphatic heterocycles. The van der Waals surface area contributed by atoms with Gasteiger partial charge in [-0.3, -0.25) is 9.59 Å². The van der Waals surface area contributed by atoms with Gasteiger partial charge in [0.05, 0.1) is 19.6 Å². The van der Waals surface area contributed by atoms with Gasteiger partial charge in [-0.1, -0.05) is 56.3 Å². The molecule has 31 heavy (non-hydrogen) atoms. The largest absolute Gasteiger partial charge is 0.392 e. The minimum absolute atomic E-state index is 0.00394. The van der Waals surface area contributed by atoms with Crippen LogP contribution in [0.4, 0.5) is 0 Å². The Balaban J connectivity index is 1.61. The Kier molecular flexibility index (Phi) is 7.79. The number of hydrogen-bond acceptors (Lipinski definition) is 7. The molecule has 0 saturated carbocycles. The highest BCUT2D eigenvalue weighted by molar-refractivity contribution is 7.11. The van der Waals surface area contributed by atoms with Gasteiger partial charge in [0.15, 0.2) is 5.78 Å². The van der Waals surface area contributed by atoms with E-state index in [2.05, 4.69) is 10.2 Å². The summed E-state index contributed by atoms with van der Waals surface area (Å²) < 4.78 is 0. The van der Waals surface area contributed by atoms with E-state index < -0.39 is 0 Å². The van der Waals surface area contributed by atoms with Crippen molar-refractivity contribution >= 4 is 22.9 Å². The average molecular weight is 439 g/mol. The molecule has 0 radical (unpaired) electrons. The molecule has 7 heteroatoms. The van der Waals surface area contributed by atoms with Gasteiger partial charge in [-0.25, -0.2) is 0 Å². The third-order valence-corrected chi connectivity index (χ3v) is 6.01. The summed E-state index contributed by atoms with van der Waals surface area (Å²) >= 11 is 1.39. The minimum Gasteiger partial charge on any atom is -0.392 e. The monoisotopic (exact) mass is 438 g/mol. The fourth-order valence-electron chi connectivity index (χ4n) is 3.15. The summed E-state index contributed by atoms with van der Waals surface area (Å²) in [5, 5.41) is 28.5. The molecule has 0 fully saturated rings. The second kappa shape index (κ2) is 10.5. The number of aliphatic hydroxyl groups excluding tert-OH is 2. The highest BCUT2D eigenvalue weighted by atomic mass is 32.1. The van der Waals surface area contributed by atoms with E-state index in [9.17, 15) is 19.8 Å². The van der Waals surface area contributed by atoms with E-state index in [0.29, 0.717) is 34.5 Å². The average Bonchev–Trinajstić information content (AvgIpc) is 3.20. The molecule has 0 atom stereocenters. The van der Waals surface area contributed by atoms with Crippen molar-refractivity contribution in [1.29, 1.82) is 0 Å². The van der Waals surface area contributed by atoms with Crippen molar-refractivity contribution in [3.63, 3.8) is 0 Å². The third-order valence-electron chi connectivity index (χ3n) is 5.09. The first-order chi connectivity index (χ1) is 14.9. The van der Waals surface area contributed by atoms with E-state index in [4.69, 9.17) is 0 Å². The molecule has 2 N–H and O–H groups in total. The number of aromatic nitrogens is 2. The molecule has 0 aliphatic rings. The summed E-state index contributed by atoms with van der Waals surface area (Å²) in [5.41, 5.74) is 3.85. The van der Waals surface area contributed by atoms with Gasteiger partial charge in [-0.2, -0.15) is 0 Å². The van der Waals surface area contributed by atoms with Crippen molar-refractivity contribution in [2.45, 2.75) is 46.3 Å². The van der Waals surface area contributed by atoms with Crippen LogP contribution in [0.3, 0.4) is 0 Å². The maximum absolute atomic E-state index is 12.6. The Hall–Kier alpha value is -2.74. The molecule has 0 unspecified atom stereocenters. The predicted molar refractivity (Wildman–Crippen MR) is 119 cm³/mol. The normalized spacial score (nSPS) is 11.1. The highest BCUT2D eigenvalue weighted by Crippen LogP contribution is 2.20. The molecule has 2 aromatic carbocycles. The maximum atomic E-state index is 12.6. The SMILES string of the molecule is CC(C)C(=O)Cc1ccc(C(=O)Cc2nnc(Cc3ccc(CO)c(CO)c3)s2)cc1. The molecule has 162 valence electrons. The summed E-state index contributed by atoms with van der Waals surface area (Å²) in [5.74, 6) is 0.132. The van der Waals surface area contributed by atoms with Crippen LogP contribution in [0.5, 0.6) is 0 Å². The number of aliphatic hydroxyl groups is 2. The van der Waals surface area contributed by atoms with Gasteiger partial charge >= 0.3 is 0 Å². The van der Waals surface area contributed by atoms with E-state index in [0.717, 1.165) is 16.1 Å². The van der Waals surface area contributed by atoms with Crippen LogP contribution in [0, 0.1) is 5.92 Å². The lowest BCUT2D eigenvalue weighted by Gasteiger charge is -2.06. The lowest BCUT2D eigenvalue weighted by atomic mass is 9.99. The number of rotatable bonds is 10. The van der Waals surface area contributed by atoms with Crippen LogP contribution >= 0.6 is 11.3 Å². The van der Waals surface area contributed by atoms with Crippen molar-refractivity contribution in [3.05, 3.63) is 80.3 Å². The molecule has 1 aromatic heterocycles. The topological polar surface area (TPSA) is 100 Å². The number of carbonyl (C=O) groups excluding carboxylic acids is 2. The number of Topliss-reactive ketones (excluding diaryl/α,β-unsaturated/α-hetero) is 2. The lowest BCUT2D eigenvalue weighted by molar-refractivity contribution is -0.121. The van der Waals surface area contributed by atoms with Crippen molar-refractivity contribution in [3.8, 4) is 0 Å². The Morgan fingerprint density at radius 3 is 2.16 bits per heavy atom. The first-order valence-corrected chi connectivity index (χ1v) is 11.0. The van der Waals surface area contributed by atoms with Gasteiger partial charge in [0.25, 0.3) is 0 Å². The third kappa shape index (κ3) is 6.13. The Bertz CT molecular complexity index is 1060. The zero-order valence-electron chi connectivity index (χ0n) is 17.7. The van der Waals surface area contributed by atoms with Crippen LogP contribution in [0.1, 0.15) is 56.5 Å². The maximum Gasteiger partial charge on any atom is 0.169 e. The lowest BCUT2D eigenvalue weighted by Crippen LogP contribution is -2.10. The number of hydrogen-bond donors (Lipinski definition) is 2. The van der Waals surface area contributed by atoms with Gasteiger partial charge in [0.2, 0.25) is 0 Å². The second-order valence-corrected chi connectivity index (χ2v) is 8.93. The van der Waals surface area contributed by atoms with E-state index >= 15 is 0 Å². The standard InChI is InChI=1S/C24H26N2O4S/c1-15(2)21(29)10-16-3-6-18(7-4-16)22(30)12-24-26-25-23(31-24)11-17-5-8-19(13-27)20(9-17)14-28/h3-9,15,27-28H,10-14H2,1-2H3. The molecular formula is C24H26N2O4S. The fourth-order valence-corrected chi connectivity index (χ4v) is 4.03. The predicted octanol–water partition coefficient (Wildman–Crippen LogP) is 3.31. The van der Waals surface area contributed by atoms with E-state index in [-0.39, 0.29) is 37.1 Å². The van der Waals surface area contributed by atoms with Crippen LogP contribution in [0.15, 0.2) is 42.5 Å². The van der Waals surface area contributed by atoms with Crippen LogP contribution in [0.25, 0.3) is 0 Å².